The molecule has 1 saturated heterocycles. The van der Waals surface area contributed by atoms with Gasteiger partial charge in [-0.25, -0.2) is 0 Å². The highest BCUT2D eigenvalue weighted by Crippen LogP contribution is 2.30. The number of hydrogen-bond donors (Lipinski definition) is 0. The molecule has 1 fully saturated rings. The van der Waals surface area contributed by atoms with Crippen molar-refractivity contribution in [3.63, 3.8) is 0 Å². The number of amides is 1. The Kier molecular flexibility index (Phi) is 3.42. The van der Waals surface area contributed by atoms with Crippen LogP contribution in [0.4, 0.5) is 18.9 Å². The summed E-state index contributed by atoms with van der Waals surface area (Å²) in [6.45, 7) is 0.522. The molecule has 0 radical (unpaired) electrons. The van der Waals surface area contributed by atoms with Gasteiger partial charge in [0.2, 0.25) is 0 Å². The van der Waals surface area contributed by atoms with Crippen LogP contribution in [-0.2, 0) is 18.0 Å². The maximum Gasteiger partial charge on any atom is 0.435 e. The molecule has 0 aliphatic carbocycles. The van der Waals surface area contributed by atoms with Gasteiger partial charge in [-0.05, 0) is 18.9 Å². The lowest BCUT2D eigenvalue weighted by atomic mass is 10.0. The summed E-state index contributed by atoms with van der Waals surface area (Å²) in [6.07, 6.45) is 1.11. The summed E-state index contributed by atoms with van der Waals surface area (Å²) in [7, 11) is 1.73. The van der Waals surface area contributed by atoms with E-state index in [4.69, 9.17) is 0 Å². The lowest BCUT2D eigenvalue weighted by Gasteiger charge is -2.31. The van der Waals surface area contributed by atoms with Crippen LogP contribution in [-0.4, -0.2) is 32.0 Å². The topological polar surface area (TPSA) is 56.0 Å². The SMILES string of the molecule is Cn1cc(N2CCC[C@H](n3ccc(C(F)(F)F)n3)C2=O)cn1. The summed E-state index contributed by atoms with van der Waals surface area (Å²) < 4.78 is 40.6. The fraction of sp³-hybridized carbons (Fsp3) is 0.462. The largest absolute Gasteiger partial charge is 0.435 e. The van der Waals surface area contributed by atoms with Crippen LogP contribution in [0.2, 0.25) is 0 Å². The molecule has 1 amide bonds. The first-order valence-electron chi connectivity index (χ1n) is 6.78. The quantitative estimate of drug-likeness (QED) is 0.852. The van der Waals surface area contributed by atoms with E-state index in [-0.39, 0.29) is 5.91 Å². The van der Waals surface area contributed by atoms with Crippen molar-refractivity contribution in [1.82, 2.24) is 19.6 Å². The Hall–Kier alpha value is -2.32. The first-order valence-corrected chi connectivity index (χ1v) is 6.78. The summed E-state index contributed by atoms with van der Waals surface area (Å²) >= 11 is 0. The Morgan fingerprint density at radius 1 is 1.36 bits per heavy atom. The van der Waals surface area contributed by atoms with E-state index in [0.717, 1.165) is 10.7 Å². The van der Waals surface area contributed by atoms with Crippen LogP contribution in [0.25, 0.3) is 0 Å². The van der Waals surface area contributed by atoms with Gasteiger partial charge >= 0.3 is 6.18 Å². The molecule has 22 heavy (non-hydrogen) atoms. The number of hydrogen-bond acceptors (Lipinski definition) is 3. The van der Waals surface area contributed by atoms with Crippen molar-refractivity contribution in [2.75, 3.05) is 11.4 Å². The molecule has 0 saturated carbocycles. The molecule has 1 aliphatic rings. The van der Waals surface area contributed by atoms with E-state index in [1.165, 1.54) is 11.1 Å². The monoisotopic (exact) mass is 313 g/mol. The van der Waals surface area contributed by atoms with E-state index in [0.29, 0.717) is 25.1 Å². The van der Waals surface area contributed by atoms with Gasteiger partial charge in [-0.15, -0.1) is 0 Å². The second-order valence-electron chi connectivity index (χ2n) is 5.20. The number of aryl methyl sites for hydroxylation is 1. The van der Waals surface area contributed by atoms with Crippen molar-refractivity contribution in [2.24, 2.45) is 7.05 Å². The number of anilines is 1. The Morgan fingerprint density at radius 2 is 2.14 bits per heavy atom. The Bertz CT molecular complexity index is 690. The zero-order valence-electron chi connectivity index (χ0n) is 11.8. The molecule has 1 aliphatic heterocycles. The maximum absolute atomic E-state index is 12.6. The molecule has 9 heteroatoms. The molecule has 1 atom stereocenters. The first-order chi connectivity index (χ1) is 10.4. The summed E-state index contributed by atoms with van der Waals surface area (Å²) in [4.78, 5) is 14.1. The fourth-order valence-corrected chi connectivity index (χ4v) is 2.57. The van der Waals surface area contributed by atoms with Crippen LogP contribution < -0.4 is 4.90 Å². The van der Waals surface area contributed by atoms with Gasteiger partial charge in [0.15, 0.2) is 5.69 Å². The van der Waals surface area contributed by atoms with Crippen LogP contribution in [0.3, 0.4) is 0 Å². The van der Waals surface area contributed by atoms with Gasteiger partial charge < -0.3 is 4.90 Å². The molecule has 0 N–H and O–H groups in total. The number of rotatable bonds is 2. The number of halogens is 3. The van der Waals surface area contributed by atoms with Crippen LogP contribution in [0.1, 0.15) is 24.6 Å². The van der Waals surface area contributed by atoms with Gasteiger partial charge in [-0.1, -0.05) is 0 Å². The number of nitrogens with zero attached hydrogens (tertiary/aromatic N) is 5. The second kappa shape index (κ2) is 5.15. The van der Waals surface area contributed by atoms with E-state index in [9.17, 15) is 18.0 Å². The molecule has 0 spiro atoms. The van der Waals surface area contributed by atoms with Gasteiger partial charge in [0.1, 0.15) is 6.04 Å². The molecule has 0 bridgehead atoms. The van der Waals surface area contributed by atoms with Crippen molar-refractivity contribution in [1.29, 1.82) is 0 Å². The maximum atomic E-state index is 12.6. The van der Waals surface area contributed by atoms with Gasteiger partial charge in [0.05, 0.1) is 11.9 Å². The Morgan fingerprint density at radius 3 is 2.73 bits per heavy atom. The average molecular weight is 313 g/mol. The molecular formula is C13H14F3N5O. The minimum atomic E-state index is -4.51. The van der Waals surface area contributed by atoms with Gasteiger partial charge in [0.25, 0.3) is 5.91 Å². The lowest BCUT2D eigenvalue weighted by molar-refractivity contribution is -0.142. The van der Waals surface area contributed by atoms with Crippen molar-refractivity contribution < 1.29 is 18.0 Å². The highest BCUT2D eigenvalue weighted by Gasteiger charge is 2.36. The van der Waals surface area contributed by atoms with Crippen LogP contribution in [0.5, 0.6) is 0 Å². The van der Waals surface area contributed by atoms with Gasteiger partial charge in [-0.3, -0.25) is 14.2 Å². The summed E-state index contributed by atoms with van der Waals surface area (Å²) in [5, 5.41) is 7.52. The summed E-state index contributed by atoms with van der Waals surface area (Å²) in [6, 6.07) is 0.168. The second-order valence-corrected chi connectivity index (χ2v) is 5.20. The van der Waals surface area contributed by atoms with E-state index >= 15 is 0 Å². The third-order valence-electron chi connectivity index (χ3n) is 3.63. The normalized spacial score (nSPS) is 19.7. The van der Waals surface area contributed by atoms with Crippen LogP contribution in [0.15, 0.2) is 24.7 Å². The first kappa shape index (κ1) is 14.6. The lowest BCUT2D eigenvalue weighted by Crippen LogP contribution is -2.42. The highest BCUT2D eigenvalue weighted by atomic mass is 19.4. The molecule has 3 rings (SSSR count). The third kappa shape index (κ3) is 2.58. The van der Waals surface area contributed by atoms with E-state index in [1.807, 2.05) is 0 Å². The van der Waals surface area contributed by atoms with Crippen molar-refractivity contribution >= 4 is 11.6 Å². The minimum Gasteiger partial charge on any atom is -0.308 e. The zero-order chi connectivity index (χ0) is 15.9. The van der Waals surface area contributed by atoms with Gasteiger partial charge in [0, 0.05) is 26.0 Å². The number of aromatic nitrogens is 4. The summed E-state index contributed by atoms with van der Waals surface area (Å²) in [5.41, 5.74) is -0.348. The fourth-order valence-electron chi connectivity index (χ4n) is 2.57. The summed E-state index contributed by atoms with van der Waals surface area (Å²) in [5.74, 6) is -0.268. The third-order valence-corrected chi connectivity index (χ3v) is 3.63. The van der Waals surface area contributed by atoms with Crippen molar-refractivity contribution in [2.45, 2.75) is 25.1 Å². The number of alkyl halides is 3. The molecule has 118 valence electrons. The molecule has 3 heterocycles. The van der Waals surface area contributed by atoms with E-state index < -0.39 is 17.9 Å². The molecule has 0 aromatic carbocycles. The number of piperidine rings is 1. The zero-order valence-corrected chi connectivity index (χ0v) is 11.8. The minimum absolute atomic E-state index is 0.268. The predicted octanol–water partition coefficient (Wildman–Crippen LogP) is 2.00. The van der Waals surface area contributed by atoms with Crippen molar-refractivity contribution in [3.05, 3.63) is 30.4 Å². The molecule has 2 aromatic heterocycles. The molecular weight excluding hydrogens is 299 g/mol. The molecule has 6 nitrogen and oxygen atoms in total. The van der Waals surface area contributed by atoms with Crippen LogP contribution >= 0.6 is 0 Å². The molecule has 0 unspecified atom stereocenters. The van der Waals surface area contributed by atoms with Gasteiger partial charge in [-0.2, -0.15) is 23.4 Å². The van der Waals surface area contributed by atoms with Crippen molar-refractivity contribution in [3.8, 4) is 0 Å². The predicted molar refractivity (Wildman–Crippen MR) is 71.1 cm³/mol. The Balaban J connectivity index is 1.85. The average Bonchev–Trinajstić information content (AvgIpc) is 3.07. The highest BCUT2D eigenvalue weighted by molar-refractivity contribution is 5.96. The van der Waals surface area contributed by atoms with E-state index in [2.05, 4.69) is 10.2 Å². The number of carbonyl (C=O) groups is 1. The standard InChI is InChI=1S/C13H14F3N5O/c1-19-8-9(7-17-19)20-5-2-3-10(12(20)22)21-6-4-11(18-21)13(14,15)16/h4,6-8,10H,2-3,5H2,1H3/t10-/m0/s1. The smallest absolute Gasteiger partial charge is 0.308 e. The van der Waals surface area contributed by atoms with E-state index in [1.54, 1.807) is 24.1 Å². The Labute approximate surface area is 124 Å². The number of carbonyl (C=O) groups excluding carboxylic acids is 1. The van der Waals surface area contributed by atoms with Crippen LogP contribution in [0, 0.1) is 0 Å². The molecule has 2 aromatic rings.